The number of aryl methyl sites for hydroxylation is 2. The van der Waals surface area contributed by atoms with Crippen molar-refractivity contribution < 1.29 is 9.53 Å². The van der Waals surface area contributed by atoms with Crippen LogP contribution in [0.25, 0.3) is 0 Å². The maximum Gasteiger partial charge on any atom is 0.317 e. The minimum Gasteiger partial charge on any atom is -0.381 e. The van der Waals surface area contributed by atoms with Gasteiger partial charge in [-0.3, -0.25) is 4.90 Å². The zero-order valence-electron chi connectivity index (χ0n) is 20.3. The van der Waals surface area contributed by atoms with E-state index in [0.29, 0.717) is 12.6 Å². The number of rotatable bonds is 7. The van der Waals surface area contributed by atoms with E-state index in [-0.39, 0.29) is 12.1 Å². The van der Waals surface area contributed by atoms with Gasteiger partial charge in [0.2, 0.25) is 0 Å². The predicted molar refractivity (Wildman–Crippen MR) is 133 cm³/mol. The van der Waals surface area contributed by atoms with Crippen LogP contribution in [0.2, 0.25) is 0 Å². The molecule has 0 spiro atoms. The zero-order valence-corrected chi connectivity index (χ0v) is 20.3. The molecule has 2 fully saturated rings. The third-order valence-corrected chi connectivity index (χ3v) is 7.28. The van der Waals surface area contributed by atoms with Gasteiger partial charge in [-0.2, -0.15) is 0 Å². The van der Waals surface area contributed by atoms with Crippen molar-refractivity contribution in [2.75, 3.05) is 32.8 Å². The number of amides is 2. The topological polar surface area (TPSA) is 44.8 Å². The summed E-state index contributed by atoms with van der Waals surface area (Å²) in [4.78, 5) is 18.1. The third kappa shape index (κ3) is 6.58. The summed E-state index contributed by atoms with van der Waals surface area (Å²) in [5.41, 5.74) is 5.36. The van der Waals surface area contributed by atoms with E-state index in [1.165, 1.54) is 22.3 Å². The second-order valence-electron chi connectivity index (χ2n) is 9.64. The number of ether oxygens (including phenoxy) is 1. The molecule has 2 aromatic carbocycles. The Morgan fingerprint density at radius 1 is 0.939 bits per heavy atom. The number of urea groups is 1. The van der Waals surface area contributed by atoms with Crippen molar-refractivity contribution in [2.24, 2.45) is 0 Å². The molecule has 178 valence electrons. The van der Waals surface area contributed by atoms with Crippen molar-refractivity contribution in [3.05, 3.63) is 70.8 Å². The Labute approximate surface area is 199 Å². The largest absolute Gasteiger partial charge is 0.381 e. The van der Waals surface area contributed by atoms with E-state index in [9.17, 15) is 4.79 Å². The molecule has 2 aromatic rings. The van der Waals surface area contributed by atoms with Crippen LogP contribution in [-0.4, -0.2) is 60.8 Å². The molecule has 2 aliphatic heterocycles. The minimum atomic E-state index is 0.102. The lowest BCUT2D eigenvalue weighted by atomic mass is 9.97. The Hall–Kier alpha value is -2.37. The van der Waals surface area contributed by atoms with Crippen LogP contribution in [0.3, 0.4) is 0 Å². The molecule has 0 atom stereocenters. The monoisotopic (exact) mass is 449 g/mol. The standard InChI is InChI=1S/C28H39N3O2/c1-22-8-9-25(20-23(22)2)21-30-16-11-26(12-17-30)31(27-13-18-33-19-14-27)28(32)29-15-10-24-6-4-3-5-7-24/h3-9,20,26-27H,10-19,21H2,1-2H3,(H,29,32). The lowest BCUT2D eigenvalue weighted by molar-refractivity contribution is 0.0204. The molecular weight excluding hydrogens is 410 g/mol. The molecule has 0 bridgehead atoms. The fraction of sp³-hybridized carbons (Fsp3) is 0.536. The highest BCUT2D eigenvalue weighted by molar-refractivity contribution is 5.75. The lowest BCUT2D eigenvalue weighted by Crippen LogP contribution is -2.56. The molecule has 2 saturated heterocycles. The van der Waals surface area contributed by atoms with Gasteiger partial charge < -0.3 is 15.0 Å². The average molecular weight is 450 g/mol. The van der Waals surface area contributed by atoms with E-state index in [2.05, 4.69) is 71.4 Å². The molecule has 4 rings (SSSR count). The highest BCUT2D eigenvalue weighted by atomic mass is 16.5. The summed E-state index contributed by atoms with van der Waals surface area (Å²) in [6.07, 6.45) is 4.81. The van der Waals surface area contributed by atoms with Crippen molar-refractivity contribution in [1.29, 1.82) is 0 Å². The van der Waals surface area contributed by atoms with Gasteiger partial charge in [0.1, 0.15) is 0 Å². The fourth-order valence-electron chi connectivity index (χ4n) is 5.16. The number of benzene rings is 2. The highest BCUT2D eigenvalue weighted by Crippen LogP contribution is 2.25. The van der Waals surface area contributed by atoms with Crippen LogP contribution in [0.4, 0.5) is 4.79 Å². The quantitative estimate of drug-likeness (QED) is 0.666. The Morgan fingerprint density at radius 3 is 2.33 bits per heavy atom. The van der Waals surface area contributed by atoms with Crippen molar-refractivity contribution >= 4 is 6.03 Å². The Bertz CT molecular complexity index is 887. The predicted octanol–water partition coefficient (Wildman–Crippen LogP) is 4.70. The van der Waals surface area contributed by atoms with Gasteiger partial charge >= 0.3 is 6.03 Å². The molecule has 2 heterocycles. The number of hydrogen-bond donors (Lipinski definition) is 1. The number of nitrogens with zero attached hydrogens (tertiary/aromatic N) is 2. The second kappa shape index (κ2) is 11.7. The molecule has 5 heteroatoms. The first kappa shape index (κ1) is 23.8. The Morgan fingerprint density at radius 2 is 1.64 bits per heavy atom. The minimum absolute atomic E-state index is 0.102. The van der Waals surface area contributed by atoms with Gasteiger partial charge in [-0.05, 0) is 68.2 Å². The van der Waals surface area contributed by atoms with Gasteiger partial charge in [0.25, 0.3) is 0 Å². The van der Waals surface area contributed by atoms with Gasteiger partial charge in [-0.15, -0.1) is 0 Å². The summed E-state index contributed by atoms with van der Waals surface area (Å²) < 4.78 is 5.59. The molecule has 0 unspecified atom stereocenters. The molecule has 2 amide bonds. The smallest absolute Gasteiger partial charge is 0.317 e. The Kier molecular flexibility index (Phi) is 8.40. The van der Waals surface area contributed by atoms with Gasteiger partial charge in [0.05, 0.1) is 0 Å². The van der Waals surface area contributed by atoms with Crippen LogP contribution in [0.1, 0.15) is 47.9 Å². The zero-order chi connectivity index (χ0) is 23.0. The van der Waals surface area contributed by atoms with E-state index < -0.39 is 0 Å². The van der Waals surface area contributed by atoms with Crippen molar-refractivity contribution in [1.82, 2.24) is 15.1 Å². The lowest BCUT2D eigenvalue weighted by Gasteiger charge is -2.43. The van der Waals surface area contributed by atoms with Crippen LogP contribution >= 0.6 is 0 Å². The molecule has 33 heavy (non-hydrogen) atoms. The van der Waals surface area contributed by atoms with Crippen LogP contribution in [-0.2, 0) is 17.7 Å². The van der Waals surface area contributed by atoms with Gasteiger partial charge in [-0.25, -0.2) is 4.79 Å². The van der Waals surface area contributed by atoms with Crippen molar-refractivity contribution in [3.8, 4) is 0 Å². The maximum atomic E-state index is 13.3. The summed E-state index contributed by atoms with van der Waals surface area (Å²) in [5.74, 6) is 0. The van der Waals surface area contributed by atoms with E-state index >= 15 is 0 Å². The Balaban J connectivity index is 1.33. The second-order valence-corrected chi connectivity index (χ2v) is 9.64. The van der Waals surface area contributed by atoms with Crippen LogP contribution < -0.4 is 5.32 Å². The van der Waals surface area contributed by atoms with Crippen molar-refractivity contribution in [2.45, 2.75) is 64.6 Å². The molecule has 0 aliphatic carbocycles. The molecule has 5 nitrogen and oxygen atoms in total. The van der Waals surface area contributed by atoms with Crippen LogP contribution in [0.5, 0.6) is 0 Å². The molecule has 2 aliphatic rings. The number of carbonyl (C=O) groups is 1. The number of likely N-dealkylation sites (tertiary alicyclic amines) is 1. The highest BCUT2D eigenvalue weighted by Gasteiger charge is 2.34. The summed E-state index contributed by atoms with van der Waals surface area (Å²) in [6.45, 7) is 9.60. The first-order valence-corrected chi connectivity index (χ1v) is 12.6. The molecule has 1 N–H and O–H groups in total. The fourth-order valence-corrected chi connectivity index (χ4v) is 5.16. The number of nitrogens with one attached hydrogen (secondary N) is 1. The first-order valence-electron chi connectivity index (χ1n) is 12.6. The van der Waals surface area contributed by atoms with Gasteiger partial charge in [0, 0.05) is 51.5 Å². The van der Waals surface area contributed by atoms with Crippen molar-refractivity contribution in [3.63, 3.8) is 0 Å². The van der Waals surface area contributed by atoms with E-state index in [0.717, 1.165) is 65.0 Å². The number of piperidine rings is 1. The number of carbonyl (C=O) groups excluding carboxylic acids is 1. The van der Waals surface area contributed by atoms with Crippen LogP contribution in [0, 0.1) is 13.8 Å². The van der Waals surface area contributed by atoms with Gasteiger partial charge in [-0.1, -0.05) is 48.5 Å². The average Bonchev–Trinajstić information content (AvgIpc) is 2.84. The molecule has 0 radical (unpaired) electrons. The third-order valence-electron chi connectivity index (χ3n) is 7.28. The van der Waals surface area contributed by atoms with Crippen LogP contribution in [0.15, 0.2) is 48.5 Å². The summed E-state index contributed by atoms with van der Waals surface area (Å²) in [5, 5.41) is 3.22. The van der Waals surface area contributed by atoms with E-state index in [4.69, 9.17) is 4.74 Å². The molecule has 0 saturated carbocycles. The maximum absolute atomic E-state index is 13.3. The summed E-state index contributed by atoms with van der Waals surface area (Å²) >= 11 is 0. The van der Waals surface area contributed by atoms with E-state index in [1.807, 2.05) is 6.07 Å². The normalized spacial score (nSPS) is 18.2. The van der Waals surface area contributed by atoms with E-state index in [1.54, 1.807) is 0 Å². The SMILES string of the molecule is Cc1ccc(CN2CCC(N(C(=O)NCCc3ccccc3)C3CCOCC3)CC2)cc1C. The molecular formula is C28H39N3O2. The van der Waals surface area contributed by atoms with Gasteiger partial charge in [0.15, 0.2) is 0 Å². The molecule has 0 aromatic heterocycles. The summed E-state index contributed by atoms with van der Waals surface area (Å²) in [7, 11) is 0. The summed E-state index contributed by atoms with van der Waals surface area (Å²) in [6, 6.07) is 17.9. The number of hydrogen-bond acceptors (Lipinski definition) is 3. The first-order chi connectivity index (χ1) is 16.1.